The van der Waals surface area contributed by atoms with Gasteiger partial charge in [0.05, 0.1) is 26.8 Å². The van der Waals surface area contributed by atoms with Crippen LogP contribution in [0, 0.1) is 0 Å². The van der Waals surface area contributed by atoms with Crippen molar-refractivity contribution in [2.75, 3.05) is 0 Å². The van der Waals surface area contributed by atoms with Crippen LogP contribution in [0.15, 0.2) is 36.4 Å². The van der Waals surface area contributed by atoms with Crippen LogP contribution in [-0.2, 0) is 9.59 Å². The highest BCUT2D eigenvalue weighted by atomic mass is 35.5. The van der Waals surface area contributed by atoms with E-state index in [0.29, 0.717) is 42.2 Å². The van der Waals surface area contributed by atoms with Crippen LogP contribution >= 0.6 is 81.2 Å². The first kappa shape index (κ1) is 28.3. The van der Waals surface area contributed by atoms with Gasteiger partial charge in [0.1, 0.15) is 5.69 Å². The van der Waals surface area contributed by atoms with Crippen LogP contribution in [0.2, 0.25) is 20.1 Å². The number of carbonyl (C=O) groups is 4. The second-order valence-electron chi connectivity index (χ2n) is 6.20. The van der Waals surface area contributed by atoms with E-state index in [2.05, 4.69) is 33.2 Å². The van der Waals surface area contributed by atoms with Gasteiger partial charge in [0.15, 0.2) is 0 Å². The zero-order chi connectivity index (χ0) is 25.7. The molecule has 178 valence electrons. The Bertz CT molecular complexity index is 1320. The summed E-state index contributed by atoms with van der Waals surface area (Å²) in [6, 6.07) is 9.64. The molecule has 2 heterocycles. The molecular weight excluding hydrogens is 596 g/mol. The molecule has 4 aromatic rings. The van der Waals surface area contributed by atoms with Crippen molar-refractivity contribution in [3.05, 3.63) is 67.9 Å². The van der Waals surface area contributed by atoms with Crippen molar-refractivity contribution in [1.82, 2.24) is 9.97 Å². The molecule has 14 heteroatoms. The van der Waals surface area contributed by atoms with Gasteiger partial charge < -0.3 is 15.1 Å². The minimum atomic E-state index is -1.14. The number of aromatic carboxylic acids is 1. The second-order valence-corrected chi connectivity index (χ2v) is 8.91. The van der Waals surface area contributed by atoms with Gasteiger partial charge in [-0.05, 0) is 71.2 Å². The van der Waals surface area contributed by atoms with Gasteiger partial charge in [0, 0.05) is 20.8 Å². The lowest BCUT2D eigenvalue weighted by Crippen LogP contribution is -1.94. The van der Waals surface area contributed by atoms with Crippen molar-refractivity contribution in [1.29, 1.82) is 0 Å². The lowest BCUT2D eigenvalue weighted by molar-refractivity contribution is -0.127. The summed E-state index contributed by atoms with van der Waals surface area (Å²) in [4.78, 5) is 45.9. The quantitative estimate of drug-likeness (QED) is 0.165. The Hall–Kier alpha value is -1.97. The van der Waals surface area contributed by atoms with Crippen molar-refractivity contribution in [2.24, 2.45) is 0 Å². The van der Waals surface area contributed by atoms with Crippen LogP contribution in [-0.4, -0.2) is 36.8 Å². The molecule has 0 saturated heterocycles. The van der Waals surface area contributed by atoms with Crippen LogP contribution < -0.4 is 0 Å². The predicted molar refractivity (Wildman–Crippen MR) is 136 cm³/mol. The highest BCUT2D eigenvalue weighted by molar-refractivity contribution is 6.97. The number of aromatic amines is 2. The van der Waals surface area contributed by atoms with Crippen molar-refractivity contribution in [3.8, 4) is 0 Å². The first-order chi connectivity index (χ1) is 15.8. The molecule has 0 fully saturated rings. The predicted octanol–water partition coefficient (Wildman–Crippen LogP) is 7.54. The number of hydrogen-bond donors (Lipinski definition) is 3. The van der Waals surface area contributed by atoms with E-state index in [-0.39, 0.29) is 5.69 Å². The number of fused-ring (bicyclic) bond motifs is 2. The maximum atomic E-state index is 10.9. The summed E-state index contributed by atoms with van der Waals surface area (Å²) >= 11 is 37.7. The SMILES string of the molecule is O=C(Cl)C(=O)Cl.O=C(Cl)c1cc2cc(Cl)cc(Cl)c2[nH]1.O=C(O)c1cc2cc(Cl)cc(Cl)c2[nH]1. The number of aromatic nitrogens is 2. The Morgan fingerprint density at radius 1 is 0.618 bits per heavy atom. The lowest BCUT2D eigenvalue weighted by atomic mass is 10.2. The molecule has 4 rings (SSSR count). The molecule has 0 saturated carbocycles. The normalized spacial score (nSPS) is 10.2. The molecule has 0 bridgehead atoms. The number of carboxylic acids is 1. The molecule has 2 aromatic heterocycles. The molecule has 34 heavy (non-hydrogen) atoms. The van der Waals surface area contributed by atoms with Crippen molar-refractivity contribution in [3.63, 3.8) is 0 Å². The summed E-state index contributed by atoms with van der Waals surface area (Å²) < 4.78 is 0. The fourth-order valence-corrected chi connectivity index (χ4v) is 3.77. The maximum absolute atomic E-state index is 10.9. The van der Waals surface area contributed by atoms with Gasteiger partial charge in [-0.15, -0.1) is 0 Å². The van der Waals surface area contributed by atoms with E-state index >= 15 is 0 Å². The summed E-state index contributed by atoms with van der Waals surface area (Å²) in [7, 11) is 0. The van der Waals surface area contributed by atoms with Crippen LogP contribution in [0.1, 0.15) is 21.0 Å². The van der Waals surface area contributed by atoms with Crippen molar-refractivity contribution >= 4 is 125 Å². The number of hydrogen-bond acceptors (Lipinski definition) is 4. The Morgan fingerprint density at radius 3 is 1.35 bits per heavy atom. The van der Waals surface area contributed by atoms with Gasteiger partial charge >= 0.3 is 16.5 Å². The third-order valence-electron chi connectivity index (χ3n) is 3.89. The van der Waals surface area contributed by atoms with E-state index < -0.39 is 21.7 Å². The number of H-pyrrole nitrogens is 2. The fourth-order valence-electron chi connectivity index (χ4n) is 2.55. The molecule has 0 unspecified atom stereocenters. The highest BCUT2D eigenvalue weighted by Crippen LogP contribution is 2.29. The molecule has 7 nitrogen and oxygen atoms in total. The summed E-state index contributed by atoms with van der Waals surface area (Å²) in [5.41, 5.74) is 1.67. The van der Waals surface area contributed by atoms with Crippen molar-refractivity contribution in [2.45, 2.75) is 0 Å². The van der Waals surface area contributed by atoms with E-state index in [1.807, 2.05) is 0 Å². The number of carboxylic acid groups (broad SMARTS) is 1. The molecule has 0 amide bonds. The number of carbonyl (C=O) groups excluding carboxylic acids is 3. The monoisotopic (exact) mass is 602 g/mol. The molecule has 0 aliphatic rings. The highest BCUT2D eigenvalue weighted by Gasteiger charge is 2.11. The van der Waals surface area contributed by atoms with Gasteiger partial charge in [-0.25, -0.2) is 4.79 Å². The summed E-state index contributed by atoms with van der Waals surface area (Å²) in [5, 5.41) is 9.26. The molecule has 0 atom stereocenters. The first-order valence-corrected chi connectivity index (χ1v) is 11.2. The van der Waals surface area contributed by atoms with E-state index in [1.54, 1.807) is 30.3 Å². The zero-order valence-corrected chi connectivity index (χ0v) is 21.5. The standard InChI is InChI=1S/C9H4Cl3NO.C9H5Cl2NO2.C2Cl2O2/c10-5-1-4-2-7(9(12)14)13-8(4)6(11)3-5;10-5-1-4-2-7(9(13)14)12-8(4)6(11)3-5;3-1(5)2(4)6/h1-3,13H;1-3,12H,(H,13,14);. The van der Waals surface area contributed by atoms with E-state index in [9.17, 15) is 19.2 Å². The Kier molecular flexibility index (Phi) is 10.1. The van der Waals surface area contributed by atoms with E-state index in [0.717, 1.165) is 5.39 Å². The molecule has 0 aliphatic carbocycles. The van der Waals surface area contributed by atoms with Crippen LogP contribution in [0.3, 0.4) is 0 Å². The van der Waals surface area contributed by atoms with E-state index in [1.165, 1.54) is 6.07 Å². The van der Waals surface area contributed by atoms with Gasteiger partial charge in [0.2, 0.25) is 0 Å². The molecular formula is C20H9Cl7N2O5. The van der Waals surface area contributed by atoms with Gasteiger partial charge in [-0.2, -0.15) is 0 Å². The zero-order valence-electron chi connectivity index (χ0n) is 16.2. The van der Waals surface area contributed by atoms with Gasteiger partial charge in [-0.1, -0.05) is 46.4 Å². The number of nitrogens with one attached hydrogen (secondary N) is 2. The lowest BCUT2D eigenvalue weighted by Gasteiger charge is -1.94. The Balaban J connectivity index is 0.000000196. The fraction of sp³-hybridized carbons (Fsp3) is 0. The minimum absolute atomic E-state index is 0.101. The second kappa shape index (κ2) is 12.1. The summed E-state index contributed by atoms with van der Waals surface area (Å²) in [6.07, 6.45) is 0. The maximum Gasteiger partial charge on any atom is 0.352 e. The largest absolute Gasteiger partial charge is 0.477 e. The molecule has 2 aromatic carbocycles. The molecule has 0 aliphatic heterocycles. The van der Waals surface area contributed by atoms with Crippen LogP contribution in [0.4, 0.5) is 0 Å². The minimum Gasteiger partial charge on any atom is -0.477 e. The van der Waals surface area contributed by atoms with E-state index in [4.69, 9.17) is 63.1 Å². The number of halogens is 7. The third-order valence-corrected chi connectivity index (χ3v) is 5.56. The Labute approximate surface area is 225 Å². The molecule has 3 N–H and O–H groups in total. The van der Waals surface area contributed by atoms with Crippen LogP contribution in [0.25, 0.3) is 21.8 Å². The smallest absolute Gasteiger partial charge is 0.352 e. The van der Waals surface area contributed by atoms with Crippen LogP contribution in [0.5, 0.6) is 0 Å². The van der Waals surface area contributed by atoms with Gasteiger partial charge in [-0.3, -0.25) is 14.4 Å². The van der Waals surface area contributed by atoms with Crippen molar-refractivity contribution < 1.29 is 24.3 Å². The van der Waals surface area contributed by atoms with Gasteiger partial charge in [0.25, 0.3) is 5.24 Å². The average molecular weight is 605 g/mol. The first-order valence-electron chi connectivity index (χ1n) is 8.58. The molecule has 0 radical (unpaired) electrons. The topological polar surface area (TPSA) is 120 Å². The number of rotatable bonds is 3. The molecule has 0 spiro atoms. The number of benzene rings is 2. The third kappa shape index (κ3) is 7.52. The summed E-state index contributed by atoms with van der Waals surface area (Å²) in [6.45, 7) is 0. The Morgan fingerprint density at radius 2 is 1.00 bits per heavy atom. The average Bonchev–Trinajstić information content (AvgIpc) is 3.33. The summed E-state index contributed by atoms with van der Waals surface area (Å²) in [5.74, 6) is -1.02.